The summed E-state index contributed by atoms with van der Waals surface area (Å²) in [4.78, 5) is 0. The molecule has 0 fully saturated rings. The van der Waals surface area contributed by atoms with Crippen LogP contribution < -0.4 is 0 Å². The maximum absolute atomic E-state index is 13.1. The zero-order valence-electron chi connectivity index (χ0n) is 7.44. The fraction of sp³-hybridized carbons (Fsp3) is 0.300. The third kappa shape index (κ3) is 1.67. The number of nitrogens with zero attached hydrogens (tertiary/aromatic N) is 1. The van der Waals surface area contributed by atoms with Crippen LogP contribution in [0.4, 0.5) is 8.78 Å². The van der Waals surface area contributed by atoms with E-state index in [-0.39, 0.29) is 5.56 Å². The Balaban J connectivity index is 3.38. The van der Waals surface area contributed by atoms with Crippen molar-refractivity contribution in [1.82, 2.24) is 0 Å². The van der Waals surface area contributed by atoms with Gasteiger partial charge in [-0.15, -0.1) is 0 Å². The van der Waals surface area contributed by atoms with Crippen molar-refractivity contribution in [3.05, 3.63) is 35.4 Å². The van der Waals surface area contributed by atoms with E-state index in [0.717, 1.165) is 12.1 Å². The summed E-state index contributed by atoms with van der Waals surface area (Å²) in [6.07, 6.45) is 0. The first-order valence-electron chi connectivity index (χ1n) is 3.85. The van der Waals surface area contributed by atoms with Crippen molar-refractivity contribution in [2.45, 2.75) is 19.3 Å². The Labute approximate surface area is 75.6 Å². The Morgan fingerprint density at radius 2 is 1.69 bits per heavy atom. The molecule has 1 nitrogen and oxygen atoms in total. The van der Waals surface area contributed by atoms with Crippen LogP contribution in [-0.4, -0.2) is 0 Å². The molecule has 0 atom stereocenters. The van der Waals surface area contributed by atoms with Crippen molar-refractivity contribution in [1.29, 1.82) is 5.26 Å². The van der Waals surface area contributed by atoms with Gasteiger partial charge in [0.2, 0.25) is 0 Å². The monoisotopic (exact) mass is 181 g/mol. The lowest BCUT2D eigenvalue weighted by atomic mass is 9.85. The van der Waals surface area contributed by atoms with Crippen LogP contribution in [0, 0.1) is 23.0 Å². The van der Waals surface area contributed by atoms with Crippen LogP contribution >= 0.6 is 0 Å². The first-order valence-corrected chi connectivity index (χ1v) is 3.85. The zero-order valence-corrected chi connectivity index (χ0v) is 7.44. The van der Waals surface area contributed by atoms with Gasteiger partial charge in [0.05, 0.1) is 11.5 Å². The van der Waals surface area contributed by atoms with E-state index in [0.29, 0.717) is 0 Å². The Bertz CT molecular complexity index is 343. The summed E-state index contributed by atoms with van der Waals surface area (Å²) < 4.78 is 26.3. The van der Waals surface area contributed by atoms with Gasteiger partial charge in [-0.3, -0.25) is 0 Å². The topological polar surface area (TPSA) is 23.8 Å². The summed E-state index contributed by atoms with van der Waals surface area (Å²) in [5.74, 6) is -1.35. The van der Waals surface area contributed by atoms with Gasteiger partial charge in [-0.2, -0.15) is 5.26 Å². The van der Waals surface area contributed by atoms with Crippen LogP contribution in [0.5, 0.6) is 0 Å². The van der Waals surface area contributed by atoms with Crippen LogP contribution in [0.2, 0.25) is 0 Å². The lowest BCUT2D eigenvalue weighted by molar-refractivity contribution is 0.509. The molecule has 0 heterocycles. The molecule has 68 valence electrons. The van der Waals surface area contributed by atoms with Gasteiger partial charge >= 0.3 is 0 Å². The summed E-state index contributed by atoms with van der Waals surface area (Å²) in [6, 6.07) is 5.44. The van der Waals surface area contributed by atoms with Crippen LogP contribution in [0.15, 0.2) is 18.2 Å². The minimum absolute atomic E-state index is 0.169. The summed E-state index contributed by atoms with van der Waals surface area (Å²) >= 11 is 0. The quantitative estimate of drug-likeness (QED) is 0.653. The Morgan fingerprint density at radius 1 is 1.23 bits per heavy atom. The molecule has 0 saturated carbocycles. The Kier molecular flexibility index (Phi) is 2.33. The third-order valence-electron chi connectivity index (χ3n) is 1.87. The number of hydrogen-bond acceptors (Lipinski definition) is 1. The average Bonchev–Trinajstić information content (AvgIpc) is 2.03. The molecule has 0 radical (unpaired) electrons. The second kappa shape index (κ2) is 3.14. The Morgan fingerprint density at radius 3 is 2.08 bits per heavy atom. The van der Waals surface area contributed by atoms with Crippen LogP contribution in [0.1, 0.15) is 19.4 Å². The Hall–Kier alpha value is -1.43. The minimum atomic E-state index is -1.13. The zero-order chi connectivity index (χ0) is 10.1. The summed E-state index contributed by atoms with van der Waals surface area (Å²) in [6.45, 7) is 2.96. The van der Waals surface area contributed by atoms with Gasteiger partial charge in [-0.1, -0.05) is 6.07 Å². The smallest absolute Gasteiger partial charge is 0.130 e. The van der Waals surface area contributed by atoms with Gasteiger partial charge in [0.1, 0.15) is 11.6 Å². The van der Waals surface area contributed by atoms with E-state index >= 15 is 0 Å². The lowest BCUT2D eigenvalue weighted by Gasteiger charge is -2.16. The first kappa shape index (κ1) is 9.66. The summed E-state index contributed by atoms with van der Waals surface area (Å²) in [5, 5.41) is 8.71. The molecule has 0 aliphatic heterocycles. The fourth-order valence-electron chi connectivity index (χ4n) is 1.15. The number of hydrogen-bond donors (Lipinski definition) is 0. The van der Waals surface area contributed by atoms with Gasteiger partial charge in [0.15, 0.2) is 0 Å². The molecule has 0 saturated heterocycles. The summed E-state index contributed by atoms with van der Waals surface area (Å²) in [7, 11) is 0. The number of rotatable bonds is 1. The SMILES string of the molecule is CC(C)(C#N)c1c(F)cccc1F. The van der Waals surface area contributed by atoms with Crippen LogP contribution in [0.25, 0.3) is 0 Å². The van der Waals surface area contributed by atoms with Crippen molar-refractivity contribution in [2.24, 2.45) is 0 Å². The van der Waals surface area contributed by atoms with E-state index in [2.05, 4.69) is 0 Å². The molecule has 1 aromatic rings. The lowest BCUT2D eigenvalue weighted by Crippen LogP contribution is -2.18. The molecule has 0 bridgehead atoms. The highest BCUT2D eigenvalue weighted by atomic mass is 19.1. The number of nitriles is 1. The number of halogens is 2. The molecule has 0 amide bonds. The van der Waals surface area contributed by atoms with E-state index in [1.165, 1.54) is 19.9 Å². The standard InChI is InChI=1S/C10H9F2N/c1-10(2,6-13)9-7(11)4-3-5-8(9)12/h3-5H,1-2H3. The molecule has 3 heteroatoms. The van der Waals surface area contributed by atoms with Gasteiger partial charge in [0, 0.05) is 5.56 Å². The molecule has 1 rings (SSSR count). The molecule has 0 aromatic heterocycles. The minimum Gasteiger partial charge on any atom is -0.207 e. The molecule has 13 heavy (non-hydrogen) atoms. The molecule has 0 N–H and O–H groups in total. The van der Waals surface area contributed by atoms with Gasteiger partial charge in [0.25, 0.3) is 0 Å². The third-order valence-corrected chi connectivity index (χ3v) is 1.87. The molecule has 1 aromatic carbocycles. The molecular formula is C10H9F2N. The molecule has 0 aliphatic rings. The van der Waals surface area contributed by atoms with E-state index in [9.17, 15) is 8.78 Å². The molecule has 0 aliphatic carbocycles. The first-order chi connectivity index (χ1) is 5.99. The highest BCUT2D eigenvalue weighted by Gasteiger charge is 2.27. The van der Waals surface area contributed by atoms with Gasteiger partial charge < -0.3 is 0 Å². The second-order valence-electron chi connectivity index (χ2n) is 3.33. The predicted octanol–water partition coefficient (Wildman–Crippen LogP) is 2.77. The average molecular weight is 181 g/mol. The van der Waals surface area contributed by atoms with E-state index in [1.807, 2.05) is 6.07 Å². The summed E-state index contributed by atoms with van der Waals surface area (Å²) in [5.41, 5.74) is -1.30. The molecular weight excluding hydrogens is 172 g/mol. The normalized spacial score (nSPS) is 11.0. The predicted molar refractivity (Wildman–Crippen MR) is 45.0 cm³/mol. The van der Waals surface area contributed by atoms with E-state index in [1.54, 1.807) is 0 Å². The van der Waals surface area contributed by atoms with Crippen molar-refractivity contribution < 1.29 is 8.78 Å². The highest BCUT2D eigenvalue weighted by Crippen LogP contribution is 2.27. The maximum Gasteiger partial charge on any atom is 0.130 e. The highest BCUT2D eigenvalue weighted by molar-refractivity contribution is 5.32. The van der Waals surface area contributed by atoms with E-state index < -0.39 is 17.0 Å². The van der Waals surface area contributed by atoms with Crippen LogP contribution in [0.3, 0.4) is 0 Å². The van der Waals surface area contributed by atoms with Gasteiger partial charge in [-0.25, -0.2) is 8.78 Å². The molecule has 0 unspecified atom stereocenters. The fourth-order valence-corrected chi connectivity index (χ4v) is 1.15. The van der Waals surface area contributed by atoms with Crippen LogP contribution in [-0.2, 0) is 5.41 Å². The van der Waals surface area contributed by atoms with Gasteiger partial charge in [-0.05, 0) is 26.0 Å². The molecule has 0 spiro atoms. The number of benzene rings is 1. The van der Waals surface area contributed by atoms with Crippen molar-refractivity contribution in [3.8, 4) is 6.07 Å². The van der Waals surface area contributed by atoms with E-state index in [4.69, 9.17) is 5.26 Å². The largest absolute Gasteiger partial charge is 0.207 e. The van der Waals surface area contributed by atoms with Crippen molar-refractivity contribution in [2.75, 3.05) is 0 Å². The van der Waals surface area contributed by atoms with Crippen molar-refractivity contribution >= 4 is 0 Å². The van der Waals surface area contributed by atoms with Crippen molar-refractivity contribution in [3.63, 3.8) is 0 Å². The maximum atomic E-state index is 13.1. The second-order valence-corrected chi connectivity index (χ2v) is 3.33.